The third kappa shape index (κ3) is 3.71. The Hall–Kier alpha value is -1.59. The molecule has 0 radical (unpaired) electrons. The summed E-state index contributed by atoms with van der Waals surface area (Å²) in [6.45, 7) is 4.36. The summed E-state index contributed by atoms with van der Waals surface area (Å²) in [7, 11) is 0. The minimum absolute atomic E-state index is 0.0858. The summed E-state index contributed by atoms with van der Waals surface area (Å²) in [6, 6.07) is 19.0. The molecule has 2 heteroatoms. The summed E-state index contributed by atoms with van der Waals surface area (Å²) >= 11 is 3.43. The van der Waals surface area contributed by atoms with Crippen molar-refractivity contribution in [2.24, 2.45) is 0 Å². The second kappa shape index (κ2) is 6.72. The molecule has 0 heterocycles. The molecule has 0 N–H and O–H groups in total. The molecule has 0 aromatic heterocycles. The molecule has 1 unspecified atom stereocenters. The highest BCUT2D eigenvalue weighted by Crippen LogP contribution is 2.23. The van der Waals surface area contributed by atoms with E-state index in [0.29, 0.717) is 5.92 Å². The first-order valence-electron chi connectivity index (χ1n) is 6.84. The topological polar surface area (TPSA) is 23.8 Å². The van der Waals surface area contributed by atoms with E-state index < -0.39 is 0 Å². The molecule has 1 nitrogen and oxygen atoms in total. The Kier molecular flexibility index (Phi) is 4.98. The van der Waals surface area contributed by atoms with Gasteiger partial charge < -0.3 is 0 Å². The standard InChI is InChI=1S/C18H18BrN/c1-13(2)15-5-7-16(8-6-15)17(12-20)11-14-3-9-18(19)10-4-14/h3-10,13,17H,11H2,1-2H3. The highest BCUT2D eigenvalue weighted by Gasteiger charge is 2.12. The summed E-state index contributed by atoms with van der Waals surface area (Å²) in [5.74, 6) is 0.438. The molecule has 2 rings (SSSR count). The molecule has 102 valence electrons. The molecule has 0 saturated carbocycles. The average molecular weight is 328 g/mol. The highest BCUT2D eigenvalue weighted by molar-refractivity contribution is 9.10. The zero-order valence-electron chi connectivity index (χ0n) is 11.8. The summed E-state index contributed by atoms with van der Waals surface area (Å²) in [5, 5.41) is 9.41. The normalized spacial score (nSPS) is 12.2. The number of halogens is 1. The number of benzene rings is 2. The van der Waals surface area contributed by atoms with E-state index >= 15 is 0 Å². The van der Waals surface area contributed by atoms with Crippen molar-refractivity contribution in [1.82, 2.24) is 0 Å². The summed E-state index contributed by atoms with van der Waals surface area (Å²) in [4.78, 5) is 0. The molecule has 1 atom stereocenters. The fraction of sp³-hybridized carbons (Fsp3) is 0.278. The van der Waals surface area contributed by atoms with E-state index in [1.807, 2.05) is 12.1 Å². The molecule has 0 aliphatic rings. The van der Waals surface area contributed by atoms with Crippen molar-refractivity contribution in [3.63, 3.8) is 0 Å². The van der Waals surface area contributed by atoms with Crippen molar-refractivity contribution in [3.05, 3.63) is 69.7 Å². The maximum absolute atomic E-state index is 9.41. The van der Waals surface area contributed by atoms with Crippen LogP contribution in [-0.2, 0) is 6.42 Å². The zero-order chi connectivity index (χ0) is 14.5. The second-order valence-electron chi connectivity index (χ2n) is 5.33. The molecule has 20 heavy (non-hydrogen) atoms. The lowest BCUT2D eigenvalue weighted by Gasteiger charge is -2.12. The quantitative estimate of drug-likeness (QED) is 0.735. The van der Waals surface area contributed by atoms with E-state index in [9.17, 15) is 5.26 Å². The van der Waals surface area contributed by atoms with Gasteiger partial charge >= 0.3 is 0 Å². The fourth-order valence-electron chi connectivity index (χ4n) is 2.21. The van der Waals surface area contributed by atoms with Gasteiger partial charge in [-0.2, -0.15) is 5.26 Å². The van der Waals surface area contributed by atoms with E-state index in [4.69, 9.17) is 0 Å². The van der Waals surface area contributed by atoms with Crippen LogP contribution in [0.5, 0.6) is 0 Å². The van der Waals surface area contributed by atoms with Gasteiger partial charge in [0.1, 0.15) is 0 Å². The van der Waals surface area contributed by atoms with Crippen LogP contribution in [0.1, 0.15) is 42.4 Å². The monoisotopic (exact) mass is 327 g/mol. The smallest absolute Gasteiger partial charge is 0.0753 e. The lowest BCUT2D eigenvalue weighted by Crippen LogP contribution is -2.01. The Bertz CT molecular complexity index is 591. The van der Waals surface area contributed by atoms with Crippen LogP contribution in [0.3, 0.4) is 0 Å². The van der Waals surface area contributed by atoms with Gasteiger partial charge in [0.15, 0.2) is 0 Å². The molecular formula is C18H18BrN. The third-order valence-electron chi connectivity index (χ3n) is 3.51. The number of hydrogen-bond acceptors (Lipinski definition) is 1. The van der Waals surface area contributed by atoms with Crippen molar-refractivity contribution >= 4 is 15.9 Å². The Labute approximate surface area is 129 Å². The first-order chi connectivity index (χ1) is 9.60. The predicted octanol–water partition coefficient (Wildman–Crippen LogP) is 5.42. The van der Waals surface area contributed by atoms with Gasteiger partial charge in [-0.05, 0) is 41.2 Å². The van der Waals surface area contributed by atoms with Crippen molar-refractivity contribution in [1.29, 1.82) is 5.26 Å². The summed E-state index contributed by atoms with van der Waals surface area (Å²) < 4.78 is 1.07. The molecular weight excluding hydrogens is 310 g/mol. The van der Waals surface area contributed by atoms with Gasteiger partial charge in [0, 0.05) is 4.47 Å². The number of hydrogen-bond donors (Lipinski definition) is 0. The van der Waals surface area contributed by atoms with Crippen LogP contribution >= 0.6 is 15.9 Å². The van der Waals surface area contributed by atoms with Crippen LogP contribution in [0.2, 0.25) is 0 Å². The molecule has 0 bridgehead atoms. The number of nitriles is 1. The van der Waals surface area contributed by atoms with Gasteiger partial charge in [-0.15, -0.1) is 0 Å². The van der Waals surface area contributed by atoms with E-state index in [1.165, 1.54) is 11.1 Å². The van der Waals surface area contributed by atoms with Gasteiger partial charge in [-0.1, -0.05) is 66.2 Å². The minimum Gasteiger partial charge on any atom is -0.198 e. The number of rotatable bonds is 4. The van der Waals surface area contributed by atoms with Gasteiger partial charge in [-0.25, -0.2) is 0 Å². The zero-order valence-corrected chi connectivity index (χ0v) is 13.4. The molecule has 2 aromatic carbocycles. The SMILES string of the molecule is CC(C)c1ccc(C(C#N)Cc2ccc(Br)cc2)cc1. The lowest BCUT2D eigenvalue weighted by molar-refractivity contribution is 0.836. The lowest BCUT2D eigenvalue weighted by atomic mass is 9.91. The van der Waals surface area contributed by atoms with E-state index in [-0.39, 0.29) is 5.92 Å². The Morgan fingerprint density at radius 2 is 1.50 bits per heavy atom. The second-order valence-corrected chi connectivity index (χ2v) is 6.25. The maximum atomic E-state index is 9.41. The van der Waals surface area contributed by atoms with Crippen molar-refractivity contribution < 1.29 is 0 Å². The van der Waals surface area contributed by atoms with Gasteiger partial charge in [0.25, 0.3) is 0 Å². The van der Waals surface area contributed by atoms with Crippen molar-refractivity contribution in [3.8, 4) is 6.07 Å². The van der Waals surface area contributed by atoms with E-state index in [1.54, 1.807) is 0 Å². The minimum atomic E-state index is -0.0858. The maximum Gasteiger partial charge on any atom is 0.0753 e. The molecule has 0 aliphatic heterocycles. The first-order valence-corrected chi connectivity index (χ1v) is 7.63. The average Bonchev–Trinajstić information content (AvgIpc) is 2.47. The van der Waals surface area contributed by atoms with E-state index in [0.717, 1.165) is 16.5 Å². The summed E-state index contributed by atoms with van der Waals surface area (Å²) in [5.41, 5.74) is 3.60. The van der Waals surface area contributed by atoms with Gasteiger partial charge in [-0.3, -0.25) is 0 Å². The van der Waals surface area contributed by atoms with Crippen LogP contribution in [0, 0.1) is 11.3 Å². The predicted molar refractivity (Wildman–Crippen MR) is 86.7 cm³/mol. The molecule has 2 aromatic rings. The van der Waals surface area contributed by atoms with Crippen LogP contribution < -0.4 is 0 Å². The Balaban J connectivity index is 2.16. The Morgan fingerprint density at radius 3 is 2.00 bits per heavy atom. The molecule has 0 aliphatic carbocycles. The molecule has 0 spiro atoms. The summed E-state index contributed by atoms with van der Waals surface area (Å²) in [6.07, 6.45) is 0.755. The molecule has 0 fully saturated rings. The van der Waals surface area contributed by atoms with Gasteiger partial charge in [0.2, 0.25) is 0 Å². The number of nitrogens with zero attached hydrogens (tertiary/aromatic N) is 1. The molecule has 0 saturated heterocycles. The van der Waals surface area contributed by atoms with Crippen LogP contribution in [-0.4, -0.2) is 0 Å². The molecule has 0 amide bonds. The van der Waals surface area contributed by atoms with Crippen LogP contribution in [0.15, 0.2) is 53.0 Å². The van der Waals surface area contributed by atoms with Crippen LogP contribution in [0.4, 0.5) is 0 Å². The third-order valence-corrected chi connectivity index (χ3v) is 4.04. The van der Waals surface area contributed by atoms with Crippen LogP contribution in [0.25, 0.3) is 0 Å². The van der Waals surface area contributed by atoms with Crippen molar-refractivity contribution in [2.45, 2.75) is 32.1 Å². The Morgan fingerprint density at radius 1 is 0.950 bits per heavy atom. The van der Waals surface area contributed by atoms with E-state index in [2.05, 4.69) is 72.2 Å². The fourth-order valence-corrected chi connectivity index (χ4v) is 2.47. The largest absolute Gasteiger partial charge is 0.198 e. The van der Waals surface area contributed by atoms with Gasteiger partial charge in [0.05, 0.1) is 12.0 Å². The first kappa shape index (κ1) is 14.8. The van der Waals surface area contributed by atoms with Crippen molar-refractivity contribution in [2.75, 3.05) is 0 Å². The highest BCUT2D eigenvalue weighted by atomic mass is 79.9.